The van der Waals surface area contributed by atoms with Gasteiger partial charge in [-0.15, -0.1) is 0 Å². The summed E-state index contributed by atoms with van der Waals surface area (Å²) >= 11 is 0. The average molecular weight is 276 g/mol. The highest BCUT2D eigenvalue weighted by Gasteiger charge is 2.32. The van der Waals surface area contributed by atoms with E-state index in [0.717, 1.165) is 19.4 Å². The molecule has 0 aromatic carbocycles. The summed E-state index contributed by atoms with van der Waals surface area (Å²) in [5, 5.41) is 3.37. The number of rotatable bonds is 5. The molecule has 1 saturated heterocycles. The second-order valence-corrected chi connectivity index (χ2v) is 8.70. The van der Waals surface area contributed by atoms with Crippen molar-refractivity contribution in [3.8, 4) is 0 Å². The molecule has 1 N–H and O–H groups in total. The Balaban J connectivity index is 2.76. The third-order valence-electron chi connectivity index (χ3n) is 3.11. The van der Waals surface area contributed by atoms with E-state index in [0.29, 0.717) is 12.6 Å². The van der Waals surface area contributed by atoms with E-state index in [4.69, 9.17) is 0 Å². The summed E-state index contributed by atoms with van der Waals surface area (Å²) in [5.74, 6) is 0.213. The van der Waals surface area contributed by atoms with Crippen LogP contribution < -0.4 is 5.32 Å². The van der Waals surface area contributed by atoms with Crippen molar-refractivity contribution in [3.05, 3.63) is 0 Å². The van der Waals surface area contributed by atoms with Gasteiger partial charge in [0.1, 0.15) is 0 Å². The van der Waals surface area contributed by atoms with Crippen LogP contribution in [0.15, 0.2) is 0 Å². The second-order valence-electron chi connectivity index (χ2n) is 6.77. The molecule has 18 heavy (non-hydrogen) atoms. The number of hydrogen-bond acceptors (Lipinski definition) is 3. The molecular weight excluding hydrogens is 248 g/mol. The molecule has 1 heterocycles. The standard InChI is InChI=1S/C13H28N2O2S/c1-11(2)15(9-12-7-6-8-14-12)18(16,17)10-13(3,4)5/h11-12,14H,6-10H2,1-5H3. The van der Waals surface area contributed by atoms with E-state index in [1.807, 2.05) is 34.6 Å². The van der Waals surface area contributed by atoms with Gasteiger partial charge in [-0.05, 0) is 38.6 Å². The predicted molar refractivity (Wildman–Crippen MR) is 76.1 cm³/mol. The van der Waals surface area contributed by atoms with Crippen LogP contribution in [0.1, 0.15) is 47.5 Å². The highest BCUT2D eigenvalue weighted by Crippen LogP contribution is 2.21. The number of hydrogen-bond donors (Lipinski definition) is 1. The minimum atomic E-state index is -3.17. The first-order chi connectivity index (χ1) is 8.12. The zero-order chi connectivity index (χ0) is 14.0. The second kappa shape index (κ2) is 5.88. The summed E-state index contributed by atoms with van der Waals surface area (Å²) in [7, 11) is -3.17. The van der Waals surface area contributed by atoms with Crippen molar-refractivity contribution in [3.63, 3.8) is 0 Å². The van der Waals surface area contributed by atoms with Crippen LogP contribution in [0.5, 0.6) is 0 Å². The van der Waals surface area contributed by atoms with Crippen LogP contribution in [0.25, 0.3) is 0 Å². The molecule has 5 heteroatoms. The molecule has 1 atom stereocenters. The lowest BCUT2D eigenvalue weighted by Crippen LogP contribution is -2.47. The minimum Gasteiger partial charge on any atom is -0.313 e. The predicted octanol–water partition coefficient (Wildman–Crippen LogP) is 1.82. The van der Waals surface area contributed by atoms with Crippen molar-refractivity contribution >= 4 is 10.0 Å². The number of sulfonamides is 1. The molecule has 0 amide bonds. The lowest BCUT2D eigenvalue weighted by atomic mass is 10.0. The maximum absolute atomic E-state index is 12.5. The van der Waals surface area contributed by atoms with Crippen LogP contribution in [-0.2, 0) is 10.0 Å². The van der Waals surface area contributed by atoms with Gasteiger partial charge in [0.2, 0.25) is 10.0 Å². The van der Waals surface area contributed by atoms with Crippen molar-refractivity contribution in [1.29, 1.82) is 0 Å². The SMILES string of the molecule is CC(C)N(CC1CCCN1)S(=O)(=O)CC(C)(C)C. The molecule has 1 unspecified atom stereocenters. The third kappa shape index (κ3) is 4.86. The molecule has 108 valence electrons. The van der Waals surface area contributed by atoms with Gasteiger partial charge in [0.05, 0.1) is 5.75 Å². The molecule has 0 bridgehead atoms. The molecular formula is C13H28N2O2S. The highest BCUT2D eigenvalue weighted by molar-refractivity contribution is 7.89. The van der Waals surface area contributed by atoms with Gasteiger partial charge in [0.15, 0.2) is 0 Å². The van der Waals surface area contributed by atoms with Gasteiger partial charge in [0, 0.05) is 18.6 Å². The summed E-state index contributed by atoms with van der Waals surface area (Å²) in [6.45, 7) is 11.4. The Bertz CT molecular complexity index is 352. The molecule has 0 aromatic heterocycles. The van der Waals surface area contributed by atoms with E-state index in [1.165, 1.54) is 0 Å². The van der Waals surface area contributed by atoms with E-state index >= 15 is 0 Å². The maximum atomic E-state index is 12.5. The zero-order valence-corrected chi connectivity index (χ0v) is 13.2. The van der Waals surface area contributed by atoms with Crippen LogP contribution in [0, 0.1) is 5.41 Å². The molecule has 0 aromatic rings. The lowest BCUT2D eigenvalue weighted by molar-refractivity contribution is 0.315. The molecule has 1 aliphatic heterocycles. The van der Waals surface area contributed by atoms with E-state index < -0.39 is 10.0 Å². The fraction of sp³-hybridized carbons (Fsp3) is 1.00. The van der Waals surface area contributed by atoms with Crippen molar-refractivity contribution < 1.29 is 8.42 Å². The average Bonchev–Trinajstić information content (AvgIpc) is 2.61. The molecule has 0 radical (unpaired) electrons. The van der Waals surface area contributed by atoms with E-state index in [2.05, 4.69) is 5.32 Å². The quantitative estimate of drug-likeness (QED) is 0.833. The van der Waals surface area contributed by atoms with E-state index in [1.54, 1.807) is 4.31 Å². The van der Waals surface area contributed by atoms with Crippen LogP contribution in [0.3, 0.4) is 0 Å². The molecule has 0 saturated carbocycles. The molecule has 0 spiro atoms. The van der Waals surface area contributed by atoms with Gasteiger partial charge in [-0.2, -0.15) is 4.31 Å². The Hall–Kier alpha value is -0.130. The Morgan fingerprint density at radius 2 is 1.94 bits per heavy atom. The zero-order valence-electron chi connectivity index (χ0n) is 12.4. The van der Waals surface area contributed by atoms with Crippen LogP contribution >= 0.6 is 0 Å². The fourth-order valence-electron chi connectivity index (χ4n) is 2.41. The maximum Gasteiger partial charge on any atom is 0.214 e. The van der Waals surface area contributed by atoms with Gasteiger partial charge in [-0.1, -0.05) is 20.8 Å². The highest BCUT2D eigenvalue weighted by atomic mass is 32.2. The van der Waals surface area contributed by atoms with E-state index in [9.17, 15) is 8.42 Å². The number of nitrogens with zero attached hydrogens (tertiary/aromatic N) is 1. The molecule has 1 rings (SSSR count). The van der Waals surface area contributed by atoms with Gasteiger partial charge in [-0.25, -0.2) is 8.42 Å². The Kier molecular flexibility index (Phi) is 5.21. The van der Waals surface area contributed by atoms with E-state index in [-0.39, 0.29) is 17.2 Å². The Labute approximate surface area is 112 Å². The molecule has 1 aliphatic rings. The summed E-state index contributed by atoms with van der Waals surface area (Å²) in [6, 6.07) is 0.349. The Morgan fingerprint density at radius 1 is 1.33 bits per heavy atom. The number of nitrogens with one attached hydrogen (secondary N) is 1. The monoisotopic (exact) mass is 276 g/mol. The third-order valence-corrected chi connectivity index (χ3v) is 5.63. The summed E-state index contributed by atoms with van der Waals surface area (Å²) < 4.78 is 26.6. The Morgan fingerprint density at radius 3 is 2.33 bits per heavy atom. The molecule has 4 nitrogen and oxygen atoms in total. The smallest absolute Gasteiger partial charge is 0.214 e. The molecule has 0 aliphatic carbocycles. The van der Waals surface area contributed by atoms with Crippen molar-refractivity contribution in [2.75, 3.05) is 18.8 Å². The van der Waals surface area contributed by atoms with Gasteiger partial charge >= 0.3 is 0 Å². The van der Waals surface area contributed by atoms with Crippen LogP contribution in [0.2, 0.25) is 0 Å². The van der Waals surface area contributed by atoms with Gasteiger partial charge in [0.25, 0.3) is 0 Å². The minimum absolute atomic E-state index is 0.0275. The normalized spacial score (nSPS) is 22.1. The lowest BCUT2D eigenvalue weighted by Gasteiger charge is -2.31. The van der Waals surface area contributed by atoms with Gasteiger partial charge < -0.3 is 5.32 Å². The van der Waals surface area contributed by atoms with Crippen LogP contribution in [0.4, 0.5) is 0 Å². The first-order valence-electron chi connectivity index (χ1n) is 6.85. The summed E-state index contributed by atoms with van der Waals surface area (Å²) in [4.78, 5) is 0. The van der Waals surface area contributed by atoms with Crippen molar-refractivity contribution in [2.45, 2.75) is 59.5 Å². The first-order valence-corrected chi connectivity index (χ1v) is 8.46. The molecule has 1 fully saturated rings. The van der Waals surface area contributed by atoms with Gasteiger partial charge in [-0.3, -0.25) is 0 Å². The van der Waals surface area contributed by atoms with Crippen molar-refractivity contribution in [2.24, 2.45) is 5.41 Å². The summed E-state index contributed by atoms with van der Waals surface area (Å²) in [5.41, 5.74) is -0.199. The van der Waals surface area contributed by atoms with Crippen LogP contribution in [-0.4, -0.2) is 43.6 Å². The topological polar surface area (TPSA) is 49.4 Å². The van der Waals surface area contributed by atoms with Crippen molar-refractivity contribution in [1.82, 2.24) is 9.62 Å². The summed E-state index contributed by atoms with van der Waals surface area (Å²) in [6.07, 6.45) is 2.23. The first kappa shape index (κ1) is 15.9. The largest absolute Gasteiger partial charge is 0.313 e. The fourth-order valence-corrected chi connectivity index (χ4v) is 4.72.